The highest BCUT2D eigenvalue weighted by molar-refractivity contribution is 7.26. The maximum absolute atomic E-state index is 7.00. The summed E-state index contributed by atoms with van der Waals surface area (Å²) < 4.78 is 9.53. The normalized spacial score (nSPS) is 11.7. The van der Waals surface area contributed by atoms with Gasteiger partial charge in [0.1, 0.15) is 5.58 Å². The van der Waals surface area contributed by atoms with Crippen LogP contribution >= 0.6 is 11.3 Å². The van der Waals surface area contributed by atoms with Crippen molar-refractivity contribution in [1.29, 1.82) is 0 Å². The van der Waals surface area contributed by atoms with E-state index in [9.17, 15) is 0 Å². The lowest BCUT2D eigenvalue weighted by atomic mass is 9.97. The van der Waals surface area contributed by atoms with E-state index in [4.69, 9.17) is 4.42 Å². The predicted octanol–water partition coefficient (Wildman–Crippen LogP) is 13.9. The van der Waals surface area contributed by atoms with E-state index in [-0.39, 0.29) is 0 Å². The summed E-state index contributed by atoms with van der Waals surface area (Å²) in [4.78, 5) is 2.43. The number of furan rings is 1. The van der Waals surface area contributed by atoms with Gasteiger partial charge in [-0.3, -0.25) is 0 Å². The zero-order chi connectivity index (χ0) is 32.3. The van der Waals surface area contributed by atoms with Crippen LogP contribution in [0.25, 0.3) is 75.1 Å². The van der Waals surface area contributed by atoms with Gasteiger partial charge in [-0.15, -0.1) is 11.3 Å². The third-order valence-corrected chi connectivity index (χ3v) is 10.9. The molecule has 2 aromatic heterocycles. The van der Waals surface area contributed by atoms with Crippen molar-refractivity contribution in [3.05, 3.63) is 176 Å². The summed E-state index contributed by atoms with van der Waals surface area (Å²) in [7, 11) is 0. The standard InChI is InChI=1S/C46H29NOS/c1-3-12-30(13-4-1)31-22-25-34(26-23-31)47(40-20-11-19-38-37-18-9-10-21-42(37)49-46(38)40)44-36(32-14-5-2-6-15-32)27-28-39-43-35-17-8-7-16-33(35)24-29-41(43)48-45(39)44/h1-29H. The van der Waals surface area contributed by atoms with Crippen molar-refractivity contribution in [1.82, 2.24) is 0 Å². The number of anilines is 3. The first-order chi connectivity index (χ1) is 24.3. The molecule has 230 valence electrons. The van der Waals surface area contributed by atoms with E-state index in [1.807, 2.05) is 11.3 Å². The SMILES string of the molecule is c1ccc(-c2ccc(N(c3c(-c4ccccc4)ccc4c3oc3ccc5ccccc5c34)c3cccc4c3sc3ccccc34)cc2)cc1. The minimum absolute atomic E-state index is 0.873. The van der Waals surface area contributed by atoms with Gasteiger partial charge in [-0.2, -0.15) is 0 Å². The van der Waals surface area contributed by atoms with Crippen LogP contribution in [-0.4, -0.2) is 0 Å². The summed E-state index contributed by atoms with van der Waals surface area (Å²) in [6.45, 7) is 0. The van der Waals surface area contributed by atoms with Crippen LogP contribution < -0.4 is 4.90 Å². The topological polar surface area (TPSA) is 16.4 Å². The van der Waals surface area contributed by atoms with Crippen molar-refractivity contribution >= 4 is 81.3 Å². The van der Waals surface area contributed by atoms with Gasteiger partial charge in [0, 0.05) is 37.5 Å². The van der Waals surface area contributed by atoms with Crippen LogP contribution in [0.5, 0.6) is 0 Å². The Labute approximate surface area is 287 Å². The molecule has 0 bridgehead atoms. The molecule has 49 heavy (non-hydrogen) atoms. The molecule has 0 aliphatic heterocycles. The lowest BCUT2D eigenvalue weighted by Gasteiger charge is -2.28. The Bertz CT molecular complexity index is 2810. The molecule has 0 amide bonds. The molecular formula is C46H29NOS. The van der Waals surface area contributed by atoms with Gasteiger partial charge < -0.3 is 9.32 Å². The second-order valence-corrected chi connectivity index (χ2v) is 13.5. The molecular weight excluding hydrogens is 615 g/mol. The molecule has 0 saturated heterocycles. The summed E-state index contributed by atoms with van der Waals surface area (Å²) in [6, 6.07) is 63.1. The Morgan fingerprint density at radius 3 is 1.94 bits per heavy atom. The largest absolute Gasteiger partial charge is 0.454 e. The third kappa shape index (κ3) is 4.47. The van der Waals surface area contributed by atoms with Gasteiger partial charge in [-0.05, 0) is 63.9 Å². The lowest BCUT2D eigenvalue weighted by molar-refractivity contribution is 0.669. The lowest BCUT2D eigenvalue weighted by Crippen LogP contribution is -2.12. The minimum Gasteiger partial charge on any atom is -0.454 e. The molecule has 2 heterocycles. The van der Waals surface area contributed by atoms with E-state index in [0.29, 0.717) is 0 Å². The number of benzene rings is 8. The summed E-state index contributed by atoms with van der Waals surface area (Å²) >= 11 is 1.85. The third-order valence-electron chi connectivity index (χ3n) is 9.67. The Balaban J connectivity index is 1.33. The van der Waals surface area contributed by atoms with E-state index in [1.165, 1.54) is 42.1 Å². The number of rotatable bonds is 5. The fourth-order valence-electron chi connectivity index (χ4n) is 7.40. The van der Waals surface area contributed by atoms with Crippen molar-refractivity contribution in [3.63, 3.8) is 0 Å². The molecule has 3 heteroatoms. The summed E-state index contributed by atoms with van der Waals surface area (Å²) in [5.41, 5.74) is 9.62. The van der Waals surface area contributed by atoms with Crippen LogP contribution in [0.15, 0.2) is 180 Å². The second kappa shape index (κ2) is 11.2. The average molecular weight is 644 g/mol. The average Bonchev–Trinajstić information content (AvgIpc) is 3.76. The molecule has 2 nitrogen and oxygen atoms in total. The molecule has 0 radical (unpaired) electrons. The molecule has 8 aromatic carbocycles. The van der Waals surface area contributed by atoms with E-state index in [0.717, 1.165) is 50.1 Å². The summed E-state index contributed by atoms with van der Waals surface area (Å²) in [5, 5.41) is 7.19. The second-order valence-electron chi connectivity index (χ2n) is 12.5. The molecule has 10 aromatic rings. The van der Waals surface area contributed by atoms with Crippen LogP contribution in [-0.2, 0) is 0 Å². The maximum Gasteiger partial charge on any atom is 0.160 e. The molecule has 0 aliphatic carbocycles. The predicted molar refractivity (Wildman–Crippen MR) is 210 cm³/mol. The van der Waals surface area contributed by atoms with Gasteiger partial charge in [0.15, 0.2) is 5.58 Å². The van der Waals surface area contributed by atoms with Crippen LogP contribution in [0.3, 0.4) is 0 Å². The van der Waals surface area contributed by atoms with Gasteiger partial charge >= 0.3 is 0 Å². The minimum atomic E-state index is 0.873. The Morgan fingerprint density at radius 2 is 1.12 bits per heavy atom. The number of hydrogen-bond donors (Lipinski definition) is 0. The van der Waals surface area contributed by atoms with Crippen LogP contribution in [0.1, 0.15) is 0 Å². The molecule has 0 atom stereocenters. The number of nitrogens with zero attached hydrogens (tertiary/aromatic N) is 1. The fourth-order valence-corrected chi connectivity index (χ4v) is 8.61. The van der Waals surface area contributed by atoms with Gasteiger partial charge in [-0.25, -0.2) is 0 Å². The molecule has 0 saturated carbocycles. The van der Waals surface area contributed by atoms with Gasteiger partial charge in [-0.1, -0.05) is 140 Å². The van der Waals surface area contributed by atoms with E-state index in [1.54, 1.807) is 0 Å². The summed E-state index contributed by atoms with van der Waals surface area (Å²) in [6.07, 6.45) is 0. The smallest absolute Gasteiger partial charge is 0.160 e. The highest BCUT2D eigenvalue weighted by Crippen LogP contribution is 2.51. The number of hydrogen-bond acceptors (Lipinski definition) is 3. The van der Waals surface area contributed by atoms with Gasteiger partial charge in [0.05, 0.1) is 16.1 Å². The first kappa shape index (κ1) is 27.9. The zero-order valence-electron chi connectivity index (χ0n) is 26.5. The van der Waals surface area contributed by atoms with Crippen molar-refractivity contribution in [2.24, 2.45) is 0 Å². The summed E-state index contributed by atoms with van der Waals surface area (Å²) in [5.74, 6) is 0. The van der Waals surface area contributed by atoms with Crippen LogP contribution in [0.2, 0.25) is 0 Å². The Morgan fingerprint density at radius 1 is 0.449 bits per heavy atom. The molecule has 0 unspecified atom stereocenters. The molecule has 10 rings (SSSR count). The highest BCUT2D eigenvalue weighted by atomic mass is 32.1. The van der Waals surface area contributed by atoms with Crippen molar-refractivity contribution in [2.75, 3.05) is 4.90 Å². The molecule has 0 aliphatic rings. The quantitative estimate of drug-likeness (QED) is 0.186. The van der Waals surface area contributed by atoms with E-state index < -0.39 is 0 Å². The monoisotopic (exact) mass is 643 g/mol. The zero-order valence-corrected chi connectivity index (χ0v) is 27.3. The van der Waals surface area contributed by atoms with Gasteiger partial charge in [0.25, 0.3) is 0 Å². The fraction of sp³-hybridized carbons (Fsp3) is 0. The first-order valence-electron chi connectivity index (χ1n) is 16.6. The molecule has 0 N–H and O–H groups in total. The molecule has 0 fully saturated rings. The highest BCUT2D eigenvalue weighted by Gasteiger charge is 2.26. The Kier molecular flexibility index (Phi) is 6.39. The van der Waals surface area contributed by atoms with Crippen LogP contribution in [0, 0.1) is 0 Å². The van der Waals surface area contributed by atoms with Crippen molar-refractivity contribution in [2.45, 2.75) is 0 Å². The van der Waals surface area contributed by atoms with E-state index in [2.05, 4.69) is 181 Å². The molecule has 0 spiro atoms. The van der Waals surface area contributed by atoms with Gasteiger partial charge in [0.2, 0.25) is 0 Å². The Hall–Kier alpha value is -6.16. The van der Waals surface area contributed by atoms with Crippen molar-refractivity contribution in [3.8, 4) is 22.3 Å². The van der Waals surface area contributed by atoms with Crippen LogP contribution in [0.4, 0.5) is 17.1 Å². The maximum atomic E-state index is 7.00. The number of fused-ring (bicyclic) bond motifs is 8. The first-order valence-corrected chi connectivity index (χ1v) is 17.4. The van der Waals surface area contributed by atoms with Crippen molar-refractivity contribution < 1.29 is 4.42 Å². The number of thiophene rings is 1. The van der Waals surface area contributed by atoms with E-state index >= 15 is 0 Å².